The summed E-state index contributed by atoms with van der Waals surface area (Å²) >= 11 is 0. The van der Waals surface area contributed by atoms with E-state index in [9.17, 15) is 14.4 Å². The molecule has 0 N–H and O–H groups in total. The van der Waals surface area contributed by atoms with Crippen LogP contribution in [-0.4, -0.2) is 37.2 Å². The van der Waals surface area contributed by atoms with Crippen molar-refractivity contribution in [3.05, 3.63) is 85.1 Å². The topological polar surface area (TPSA) is 78.9 Å². The number of rotatable bonds is 49. The fourth-order valence-corrected chi connectivity index (χ4v) is 7.51. The van der Waals surface area contributed by atoms with E-state index in [1.165, 1.54) is 128 Å². The van der Waals surface area contributed by atoms with E-state index in [4.69, 9.17) is 14.2 Å². The van der Waals surface area contributed by atoms with E-state index in [1.807, 2.05) is 0 Å². The van der Waals surface area contributed by atoms with Crippen molar-refractivity contribution in [2.75, 3.05) is 13.2 Å². The number of unbranched alkanes of at least 4 members (excludes halogenated alkanes) is 24. The fourth-order valence-electron chi connectivity index (χ4n) is 7.51. The van der Waals surface area contributed by atoms with Crippen LogP contribution in [0.2, 0.25) is 0 Å². The summed E-state index contributed by atoms with van der Waals surface area (Å²) in [6, 6.07) is 0. The fraction of sp³-hybridized carbons (Fsp3) is 0.717. The number of carbonyl (C=O) groups excluding carboxylic acids is 3. The lowest BCUT2D eigenvalue weighted by Gasteiger charge is -2.18. The summed E-state index contributed by atoms with van der Waals surface area (Å²) in [7, 11) is 0. The van der Waals surface area contributed by atoms with Crippen LogP contribution in [0.5, 0.6) is 0 Å². The predicted octanol–water partition coefficient (Wildman–Crippen LogP) is 18.4. The van der Waals surface area contributed by atoms with Crippen LogP contribution in [0.1, 0.15) is 258 Å². The minimum atomic E-state index is -0.806. The quantitative estimate of drug-likeness (QED) is 0.0262. The lowest BCUT2D eigenvalue weighted by atomic mass is 10.0. The first-order valence-electron chi connectivity index (χ1n) is 27.6. The van der Waals surface area contributed by atoms with Crippen molar-refractivity contribution in [1.29, 1.82) is 0 Å². The molecular formula is C60H102O6. The highest BCUT2D eigenvalue weighted by atomic mass is 16.6. The maximum atomic E-state index is 12.8. The zero-order chi connectivity index (χ0) is 47.9. The van der Waals surface area contributed by atoms with Gasteiger partial charge in [0.05, 0.1) is 0 Å². The number of ether oxygens (including phenoxy) is 3. The van der Waals surface area contributed by atoms with Gasteiger partial charge in [-0.2, -0.15) is 0 Å². The summed E-state index contributed by atoms with van der Waals surface area (Å²) in [6.45, 7) is 6.45. The molecule has 0 aromatic heterocycles. The third-order valence-corrected chi connectivity index (χ3v) is 11.6. The molecule has 0 radical (unpaired) electrons. The summed E-state index contributed by atoms with van der Waals surface area (Å²) in [6.07, 6.45) is 70.0. The SMILES string of the molecule is CC/C=C\C/C=C\C/C=C\C/C=C\C/C=C\CCCC(=O)O[C@H](COC(=O)CCCCCCCCCCC/C=C\C/C=C\CCCCC)COC(=O)CCCCCCCCCCCCCC. The van der Waals surface area contributed by atoms with E-state index in [0.717, 1.165) is 83.5 Å². The van der Waals surface area contributed by atoms with Crippen LogP contribution >= 0.6 is 0 Å². The molecule has 0 amide bonds. The van der Waals surface area contributed by atoms with Gasteiger partial charge in [0.2, 0.25) is 0 Å². The molecule has 0 aromatic rings. The number of esters is 3. The first-order chi connectivity index (χ1) is 32.5. The zero-order valence-corrected chi connectivity index (χ0v) is 43.2. The van der Waals surface area contributed by atoms with Crippen molar-refractivity contribution in [2.45, 2.75) is 264 Å². The Morgan fingerprint density at radius 3 is 1.00 bits per heavy atom. The normalized spacial score (nSPS) is 12.7. The third-order valence-electron chi connectivity index (χ3n) is 11.6. The highest BCUT2D eigenvalue weighted by molar-refractivity contribution is 5.71. The van der Waals surface area contributed by atoms with Crippen LogP contribution in [0.15, 0.2) is 85.1 Å². The highest BCUT2D eigenvalue weighted by Gasteiger charge is 2.19. The Hall–Kier alpha value is -3.41. The van der Waals surface area contributed by atoms with Crippen LogP contribution in [0.4, 0.5) is 0 Å². The van der Waals surface area contributed by atoms with Gasteiger partial charge in [-0.15, -0.1) is 0 Å². The molecule has 0 bridgehead atoms. The first kappa shape index (κ1) is 62.6. The molecule has 378 valence electrons. The number of allylic oxidation sites excluding steroid dienone is 14. The number of carbonyl (C=O) groups is 3. The first-order valence-corrected chi connectivity index (χ1v) is 27.6. The number of hydrogen-bond acceptors (Lipinski definition) is 6. The van der Waals surface area contributed by atoms with Gasteiger partial charge in [-0.1, -0.05) is 234 Å². The van der Waals surface area contributed by atoms with Gasteiger partial charge in [-0.3, -0.25) is 14.4 Å². The van der Waals surface area contributed by atoms with E-state index in [2.05, 4.69) is 106 Å². The van der Waals surface area contributed by atoms with Crippen LogP contribution in [0, 0.1) is 0 Å². The van der Waals surface area contributed by atoms with Gasteiger partial charge in [0.15, 0.2) is 6.10 Å². The Morgan fingerprint density at radius 1 is 0.318 bits per heavy atom. The molecule has 0 saturated carbocycles. The number of hydrogen-bond donors (Lipinski definition) is 0. The van der Waals surface area contributed by atoms with Crippen molar-refractivity contribution in [1.82, 2.24) is 0 Å². The Labute approximate surface area is 407 Å². The molecule has 0 aliphatic carbocycles. The van der Waals surface area contributed by atoms with Gasteiger partial charge in [0.25, 0.3) is 0 Å². The van der Waals surface area contributed by atoms with Crippen LogP contribution in [0.25, 0.3) is 0 Å². The van der Waals surface area contributed by atoms with Gasteiger partial charge in [-0.05, 0) is 89.9 Å². The van der Waals surface area contributed by atoms with Crippen molar-refractivity contribution in [2.24, 2.45) is 0 Å². The maximum Gasteiger partial charge on any atom is 0.306 e. The largest absolute Gasteiger partial charge is 0.462 e. The van der Waals surface area contributed by atoms with Crippen molar-refractivity contribution < 1.29 is 28.6 Å². The van der Waals surface area contributed by atoms with Crippen molar-refractivity contribution in [3.8, 4) is 0 Å². The Balaban J connectivity index is 4.44. The van der Waals surface area contributed by atoms with E-state index < -0.39 is 6.10 Å². The molecule has 0 aromatic carbocycles. The van der Waals surface area contributed by atoms with Gasteiger partial charge in [0, 0.05) is 19.3 Å². The third kappa shape index (κ3) is 51.6. The molecule has 0 saturated heterocycles. The Morgan fingerprint density at radius 2 is 0.606 bits per heavy atom. The van der Waals surface area contributed by atoms with Crippen LogP contribution < -0.4 is 0 Å². The summed E-state index contributed by atoms with van der Waals surface area (Å²) in [4.78, 5) is 38.0. The Kier molecular flexibility index (Phi) is 51.4. The standard InChI is InChI=1S/C60H102O6/c1-4-7-10-13-16-19-22-25-27-29-30-32-33-35-38-41-44-47-50-53-59(62)65-56-57(55-64-58(61)52-49-46-43-40-37-24-21-18-15-12-9-6-3)66-60(63)54-51-48-45-42-39-36-34-31-28-26-23-20-17-14-11-8-5-2/h8,11,16-17,19-20,25-28,34,36,42,45,57H,4-7,9-10,12-15,18,21-24,29-33,35,37-41,43-44,46-56H2,1-3H3/b11-8-,19-16-,20-17-,27-25-,28-26-,36-34-,45-42-/t57-/m0/s1. The molecule has 0 aliphatic rings. The lowest BCUT2D eigenvalue weighted by Crippen LogP contribution is -2.30. The molecule has 0 fully saturated rings. The molecular weight excluding hydrogens is 817 g/mol. The summed E-state index contributed by atoms with van der Waals surface area (Å²) in [5.74, 6) is -0.958. The molecule has 0 spiro atoms. The average Bonchev–Trinajstić information content (AvgIpc) is 3.31. The Bertz CT molecular complexity index is 1290. The second kappa shape index (κ2) is 54.2. The van der Waals surface area contributed by atoms with E-state index in [1.54, 1.807) is 0 Å². The van der Waals surface area contributed by atoms with Gasteiger partial charge in [0.1, 0.15) is 13.2 Å². The zero-order valence-electron chi connectivity index (χ0n) is 43.2. The molecule has 1 atom stereocenters. The second-order valence-electron chi connectivity index (χ2n) is 18.1. The average molecular weight is 919 g/mol. The van der Waals surface area contributed by atoms with Gasteiger partial charge in [-0.25, -0.2) is 0 Å². The second-order valence-corrected chi connectivity index (χ2v) is 18.1. The molecule has 0 rings (SSSR count). The minimum absolute atomic E-state index is 0.0988. The van der Waals surface area contributed by atoms with Gasteiger partial charge >= 0.3 is 17.9 Å². The van der Waals surface area contributed by atoms with E-state index in [0.29, 0.717) is 19.3 Å². The molecule has 0 unspecified atom stereocenters. The van der Waals surface area contributed by atoms with E-state index in [-0.39, 0.29) is 37.5 Å². The van der Waals surface area contributed by atoms with Crippen molar-refractivity contribution >= 4 is 17.9 Å². The minimum Gasteiger partial charge on any atom is -0.462 e. The maximum absolute atomic E-state index is 12.8. The molecule has 6 heteroatoms. The summed E-state index contributed by atoms with van der Waals surface area (Å²) < 4.78 is 16.8. The molecule has 66 heavy (non-hydrogen) atoms. The summed E-state index contributed by atoms with van der Waals surface area (Å²) in [5.41, 5.74) is 0. The predicted molar refractivity (Wildman–Crippen MR) is 284 cm³/mol. The molecule has 6 nitrogen and oxygen atoms in total. The summed E-state index contributed by atoms with van der Waals surface area (Å²) in [5, 5.41) is 0. The van der Waals surface area contributed by atoms with Gasteiger partial charge < -0.3 is 14.2 Å². The lowest BCUT2D eigenvalue weighted by molar-refractivity contribution is -0.167. The van der Waals surface area contributed by atoms with Crippen molar-refractivity contribution in [3.63, 3.8) is 0 Å². The molecule has 0 aliphatic heterocycles. The monoisotopic (exact) mass is 919 g/mol. The smallest absolute Gasteiger partial charge is 0.306 e. The van der Waals surface area contributed by atoms with Crippen LogP contribution in [0.3, 0.4) is 0 Å². The highest BCUT2D eigenvalue weighted by Crippen LogP contribution is 2.15. The van der Waals surface area contributed by atoms with Crippen LogP contribution in [-0.2, 0) is 28.6 Å². The van der Waals surface area contributed by atoms with E-state index >= 15 is 0 Å². The molecule has 0 heterocycles.